The number of nitrogens with one attached hydrogen (secondary N) is 2. The van der Waals surface area contributed by atoms with E-state index in [1.165, 1.54) is 19.7 Å². The van der Waals surface area contributed by atoms with E-state index in [2.05, 4.69) is 14.5 Å². The van der Waals surface area contributed by atoms with Crippen LogP contribution in [0, 0.1) is 6.92 Å². The average Bonchev–Trinajstić information content (AvgIpc) is 3.25. The number of sulfonamides is 1. The number of carbonyl (C=O) groups excluding carboxylic acids is 1. The second-order valence-corrected chi connectivity index (χ2v) is 17.6. The van der Waals surface area contributed by atoms with Crippen LogP contribution in [0.3, 0.4) is 0 Å². The highest BCUT2D eigenvalue weighted by Gasteiger charge is 2.37. The molecule has 2 atom stereocenters. The van der Waals surface area contributed by atoms with Gasteiger partial charge in [-0.05, 0) is 51.5 Å². The molecule has 0 radical (unpaired) electrons. The molecule has 3 aromatic rings. The number of aryl methyl sites for hydroxylation is 1. The van der Waals surface area contributed by atoms with Crippen LogP contribution in [0.4, 0.5) is 20.2 Å². The number of para-hydroxylation sites is 1. The molecule has 2 heterocycles. The summed E-state index contributed by atoms with van der Waals surface area (Å²) in [5, 5.41) is 11.9. The van der Waals surface area contributed by atoms with Crippen LogP contribution in [0.2, 0.25) is 10.0 Å². The Labute approximate surface area is 295 Å². The van der Waals surface area contributed by atoms with Crippen LogP contribution in [-0.4, -0.2) is 88.5 Å². The van der Waals surface area contributed by atoms with Crippen LogP contribution in [0.25, 0.3) is 5.69 Å². The van der Waals surface area contributed by atoms with Crippen LogP contribution in [0.1, 0.15) is 43.0 Å². The second kappa shape index (κ2) is 16.6. The molecule has 6 N–H and O–H groups in total. The summed E-state index contributed by atoms with van der Waals surface area (Å²) in [6.07, 6.45) is 0.902. The summed E-state index contributed by atoms with van der Waals surface area (Å²) in [4.78, 5) is 42.9. The Kier molecular flexibility index (Phi) is 14.2. The quantitative estimate of drug-likeness (QED) is 0.195. The van der Waals surface area contributed by atoms with Crippen LogP contribution >= 0.6 is 30.6 Å². The maximum Gasteiger partial charge on any atom is 0.355 e. The van der Waals surface area contributed by atoms with Crippen molar-refractivity contribution in [1.29, 1.82) is 0 Å². The van der Waals surface area contributed by atoms with Gasteiger partial charge in [-0.2, -0.15) is 21.9 Å². The highest BCUT2D eigenvalue weighted by atomic mass is 35.5. The highest BCUT2D eigenvalue weighted by Crippen LogP contribution is 2.36. The summed E-state index contributed by atoms with van der Waals surface area (Å²) in [5.74, 6) is -1.85. The van der Waals surface area contributed by atoms with Crippen LogP contribution < -0.4 is 20.9 Å². The summed E-state index contributed by atoms with van der Waals surface area (Å²) < 4.78 is 88.7. The summed E-state index contributed by atoms with van der Waals surface area (Å²) >= 11 is 11.8. The molecule has 24 heteroatoms. The van der Waals surface area contributed by atoms with Gasteiger partial charge in [0.2, 0.25) is 10.0 Å². The molecule has 17 nitrogen and oxygen atoms in total. The van der Waals surface area contributed by atoms with Crippen molar-refractivity contribution in [2.75, 3.05) is 28.5 Å². The van der Waals surface area contributed by atoms with E-state index in [0.717, 1.165) is 16.6 Å². The molecule has 2 aromatic carbocycles. The van der Waals surface area contributed by atoms with Gasteiger partial charge < -0.3 is 15.7 Å². The molecule has 4 rings (SSSR count). The minimum Gasteiger partial charge on any atom is -0.480 e. The Bertz CT molecular complexity index is 2070. The van der Waals surface area contributed by atoms with Crippen molar-refractivity contribution >= 4 is 74.1 Å². The predicted octanol–water partition coefficient (Wildman–Crippen LogP) is 3.31. The first-order chi connectivity index (χ1) is 22.8. The first-order valence-electron chi connectivity index (χ1n) is 13.9. The minimum absolute atomic E-state index is 0.0257. The fraction of sp³-hybridized carbons (Fsp3) is 0.385. The molecular weight excluding hydrogens is 774 g/mol. The van der Waals surface area contributed by atoms with Crippen LogP contribution in [0.15, 0.2) is 41.2 Å². The van der Waals surface area contributed by atoms with E-state index in [0.29, 0.717) is 15.9 Å². The third-order valence-corrected chi connectivity index (χ3v) is 10.1. The maximum atomic E-state index is 12.8. The lowest BCUT2D eigenvalue weighted by atomic mass is 10.1. The third kappa shape index (κ3) is 11.5. The molecule has 1 aliphatic rings. The number of hydrogen-bond acceptors (Lipinski definition) is 10. The van der Waals surface area contributed by atoms with Gasteiger partial charge in [0.15, 0.2) is 7.37 Å². The standard InChI is InChI=1S/C11H10Cl2F2N4O3S.C10H12N2O3S.C5H12NO4P/c1-5-16-19(11(20)18(5)10(14)15)9-4-8(17-23(2,21)22)6(12)3-7(9)13;1-7(2)12-10(13)8-5-3-4-6-9(8)11-16(12,14)15;1-11(9,10)3-2-4(6)5(7)8/h3-4,10,17H,1-2H3;3-7,11H,1-2H3;4H,2-3,6H2,1H3,(H,7,8)(H,9,10). The van der Waals surface area contributed by atoms with Crippen molar-refractivity contribution < 1.29 is 49.8 Å². The topological polar surface area (TPSA) is 253 Å². The first kappa shape index (κ1) is 42.6. The Balaban J connectivity index is 0.000000280. The lowest BCUT2D eigenvalue weighted by Crippen LogP contribution is -2.48. The number of hydrogen-bond donors (Lipinski definition) is 5. The number of nitrogens with zero attached hydrogens (tertiary/aromatic N) is 4. The number of fused-ring (bicyclic) bond motifs is 1. The highest BCUT2D eigenvalue weighted by molar-refractivity contribution is 7.92. The maximum absolute atomic E-state index is 12.8. The van der Waals surface area contributed by atoms with Crippen molar-refractivity contribution in [3.63, 3.8) is 0 Å². The number of rotatable bonds is 9. The van der Waals surface area contributed by atoms with Gasteiger partial charge in [0.25, 0.3) is 5.91 Å². The van der Waals surface area contributed by atoms with E-state index in [9.17, 15) is 44.6 Å². The number of aliphatic carboxylic acids is 1. The van der Waals surface area contributed by atoms with E-state index < -0.39 is 63.8 Å². The number of carboxylic acid groups (broad SMARTS) is 1. The number of alkyl halides is 2. The summed E-state index contributed by atoms with van der Waals surface area (Å²) in [5.41, 5.74) is 4.54. The van der Waals surface area contributed by atoms with Gasteiger partial charge in [-0.1, -0.05) is 35.3 Å². The Morgan fingerprint density at radius 2 is 1.74 bits per heavy atom. The van der Waals surface area contributed by atoms with Gasteiger partial charge in [-0.15, -0.1) is 5.10 Å². The molecule has 0 saturated heterocycles. The monoisotopic (exact) mass is 807 g/mol. The normalized spacial score (nSPS) is 15.5. The lowest BCUT2D eigenvalue weighted by molar-refractivity contribution is -0.138. The molecule has 278 valence electrons. The van der Waals surface area contributed by atoms with E-state index >= 15 is 0 Å². The van der Waals surface area contributed by atoms with Gasteiger partial charge in [0.1, 0.15) is 11.9 Å². The number of nitrogens with two attached hydrogens (primary N) is 1. The molecule has 1 aromatic heterocycles. The average molecular weight is 809 g/mol. The molecule has 1 amide bonds. The molecule has 0 saturated carbocycles. The number of anilines is 2. The van der Waals surface area contributed by atoms with Crippen molar-refractivity contribution in [2.24, 2.45) is 5.73 Å². The SMILES string of the molecule is CC(C)N1C(=O)c2ccccc2NS1(=O)=O.CP(=O)(O)CCC(N)C(=O)O.Cc1nn(-c2cc(NS(C)(=O)=O)c(Cl)cc2Cl)c(=O)n1C(F)F. The fourth-order valence-electron chi connectivity index (χ4n) is 4.02. The Morgan fingerprint density at radius 1 is 1.16 bits per heavy atom. The second-order valence-electron chi connectivity index (χ2n) is 10.9. The smallest absolute Gasteiger partial charge is 0.355 e. The number of carbonyl (C=O) groups is 2. The fourth-order valence-corrected chi connectivity index (χ4v) is 7.34. The first-order valence-corrected chi connectivity index (χ1v) is 20.3. The molecule has 0 spiro atoms. The van der Waals surface area contributed by atoms with E-state index in [1.54, 1.807) is 38.1 Å². The minimum atomic E-state index is -3.75. The Hall–Kier alpha value is -3.59. The van der Waals surface area contributed by atoms with Crippen molar-refractivity contribution in [1.82, 2.24) is 18.7 Å². The molecule has 0 fully saturated rings. The Morgan fingerprint density at radius 3 is 2.22 bits per heavy atom. The number of halogens is 4. The van der Waals surface area contributed by atoms with E-state index in [-0.39, 0.29) is 44.4 Å². The zero-order valence-corrected chi connectivity index (χ0v) is 31.0. The van der Waals surface area contributed by atoms with Gasteiger partial charge >= 0.3 is 28.4 Å². The van der Waals surface area contributed by atoms with Gasteiger partial charge in [-0.3, -0.25) is 23.6 Å². The van der Waals surface area contributed by atoms with Gasteiger partial charge in [0, 0.05) is 18.9 Å². The van der Waals surface area contributed by atoms with Gasteiger partial charge in [0.05, 0.1) is 38.9 Å². The number of benzene rings is 2. The third-order valence-electron chi connectivity index (χ3n) is 6.23. The molecular formula is C26H34Cl2F2N7O10PS2. The number of carboxylic acids is 1. The largest absolute Gasteiger partial charge is 0.480 e. The molecule has 50 heavy (non-hydrogen) atoms. The zero-order chi connectivity index (χ0) is 38.5. The molecule has 1 aliphatic heterocycles. The molecule has 0 aliphatic carbocycles. The van der Waals surface area contributed by atoms with Gasteiger partial charge in [-0.25, -0.2) is 22.1 Å². The summed E-state index contributed by atoms with van der Waals surface area (Å²) in [7, 11) is -10.5. The zero-order valence-electron chi connectivity index (χ0n) is 26.9. The van der Waals surface area contributed by atoms with Crippen molar-refractivity contribution in [3.8, 4) is 5.69 Å². The summed E-state index contributed by atoms with van der Waals surface area (Å²) in [6.45, 7) is 2.65. The number of aromatic nitrogens is 3. The molecule has 2 unspecified atom stereocenters. The molecule has 0 bridgehead atoms. The number of amides is 1. The lowest BCUT2D eigenvalue weighted by Gasteiger charge is -2.31. The van der Waals surface area contributed by atoms with Crippen LogP contribution in [-0.2, 0) is 29.6 Å². The van der Waals surface area contributed by atoms with Crippen molar-refractivity contribution in [2.45, 2.75) is 45.8 Å². The van der Waals surface area contributed by atoms with E-state index in [4.69, 9.17) is 38.9 Å². The van der Waals surface area contributed by atoms with Crippen LogP contribution in [0.5, 0.6) is 0 Å². The summed E-state index contributed by atoms with van der Waals surface area (Å²) in [6, 6.07) is 7.43. The van der Waals surface area contributed by atoms with E-state index in [1.807, 2.05) is 0 Å². The predicted molar refractivity (Wildman–Crippen MR) is 183 cm³/mol. The van der Waals surface area contributed by atoms with Crippen molar-refractivity contribution in [3.05, 3.63) is 68.3 Å².